The Labute approximate surface area is 204 Å². The summed E-state index contributed by atoms with van der Waals surface area (Å²) in [5.41, 5.74) is 2.46. The zero-order valence-corrected chi connectivity index (χ0v) is 19.1. The van der Waals surface area contributed by atoms with E-state index in [0.717, 1.165) is 9.80 Å². The molecule has 0 saturated heterocycles. The standard InChI is InChI=1S/C30H14N2O4/c1-5-13-11-19-23-17(27(33)31(3)29(19)35)10-8-16-22-14(6-2)12-20-24-18(28(34)32(4)30(20)36)9-7-15(26(22)24)21(13)25(16)23/h1-2,7-12H,3-4H3. The number of carbonyl (C=O) groups is 4. The molecule has 6 heteroatoms. The van der Waals surface area contributed by atoms with Crippen molar-refractivity contribution in [2.45, 2.75) is 0 Å². The number of imide groups is 2. The van der Waals surface area contributed by atoms with Crippen molar-refractivity contribution >= 4 is 66.7 Å². The molecule has 4 amide bonds. The van der Waals surface area contributed by atoms with Crippen LogP contribution in [0, 0.1) is 24.7 Å². The van der Waals surface area contributed by atoms with Crippen LogP contribution < -0.4 is 0 Å². The molecule has 168 valence electrons. The second kappa shape index (κ2) is 6.27. The van der Waals surface area contributed by atoms with Crippen molar-refractivity contribution in [2.75, 3.05) is 14.1 Å². The number of rotatable bonds is 0. The van der Waals surface area contributed by atoms with Gasteiger partial charge in [0.15, 0.2) is 0 Å². The van der Waals surface area contributed by atoms with Gasteiger partial charge in [-0.3, -0.25) is 29.0 Å². The van der Waals surface area contributed by atoms with E-state index >= 15 is 0 Å². The highest BCUT2D eigenvalue weighted by molar-refractivity contribution is 6.42. The molecule has 2 heterocycles. The predicted molar refractivity (Wildman–Crippen MR) is 136 cm³/mol. The summed E-state index contributed by atoms with van der Waals surface area (Å²) in [6.07, 6.45) is 11.9. The molecule has 2 aliphatic heterocycles. The van der Waals surface area contributed by atoms with Gasteiger partial charge in [0.05, 0.1) is 0 Å². The maximum Gasteiger partial charge on any atom is 0.261 e. The van der Waals surface area contributed by atoms with Crippen LogP contribution in [-0.2, 0) is 0 Å². The van der Waals surface area contributed by atoms with Gasteiger partial charge in [-0.05, 0) is 35.0 Å². The largest absolute Gasteiger partial charge is 0.277 e. The summed E-state index contributed by atoms with van der Waals surface area (Å²) in [6, 6.07) is 10.3. The summed E-state index contributed by atoms with van der Waals surface area (Å²) in [5.74, 6) is 3.77. The first-order valence-corrected chi connectivity index (χ1v) is 11.2. The number of fused-ring (bicyclic) bond motifs is 2. The first-order chi connectivity index (χ1) is 17.3. The smallest absolute Gasteiger partial charge is 0.261 e. The molecule has 0 N–H and O–H groups in total. The lowest BCUT2D eigenvalue weighted by Gasteiger charge is -2.28. The Balaban J connectivity index is 1.87. The molecule has 0 unspecified atom stereocenters. The van der Waals surface area contributed by atoms with Crippen LogP contribution in [0.15, 0.2) is 36.4 Å². The van der Waals surface area contributed by atoms with E-state index in [1.165, 1.54) is 14.1 Å². The minimum absolute atomic E-state index is 0.351. The summed E-state index contributed by atoms with van der Waals surface area (Å²) in [4.78, 5) is 54.5. The number of hydrogen-bond acceptors (Lipinski definition) is 4. The maximum absolute atomic E-state index is 13.1. The van der Waals surface area contributed by atoms with Gasteiger partial charge in [0.25, 0.3) is 23.6 Å². The molecule has 5 aromatic rings. The van der Waals surface area contributed by atoms with Crippen molar-refractivity contribution in [3.63, 3.8) is 0 Å². The van der Waals surface area contributed by atoms with Crippen molar-refractivity contribution in [2.24, 2.45) is 0 Å². The maximum atomic E-state index is 13.1. The summed E-state index contributed by atoms with van der Waals surface area (Å²) in [7, 11) is 2.89. The van der Waals surface area contributed by atoms with Crippen LogP contribution >= 0.6 is 0 Å². The minimum atomic E-state index is -0.430. The molecule has 0 aromatic heterocycles. The van der Waals surface area contributed by atoms with Crippen LogP contribution in [0.1, 0.15) is 52.6 Å². The molecule has 6 nitrogen and oxygen atoms in total. The lowest BCUT2D eigenvalue weighted by molar-refractivity contribution is 0.0635. The molecule has 0 aliphatic carbocycles. The normalized spacial score (nSPS) is 15.0. The quantitative estimate of drug-likeness (QED) is 0.149. The zero-order chi connectivity index (χ0) is 25.2. The molecule has 0 spiro atoms. The fourth-order valence-electron chi connectivity index (χ4n) is 5.94. The third-order valence-electron chi connectivity index (χ3n) is 7.56. The van der Waals surface area contributed by atoms with E-state index in [2.05, 4.69) is 11.8 Å². The Morgan fingerprint density at radius 2 is 0.889 bits per heavy atom. The van der Waals surface area contributed by atoms with Gasteiger partial charge in [-0.25, -0.2) is 0 Å². The van der Waals surface area contributed by atoms with Crippen molar-refractivity contribution in [1.29, 1.82) is 0 Å². The highest BCUT2D eigenvalue weighted by atomic mass is 16.2. The molecule has 36 heavy (non-hydrogen) atoms. The summed E-state index contributed by atoms with van der Waals surface area (Å²) in [6.45, 7) is 0. The molecule has 5 aromatic carbocycles. The Morgan fingerprint density at radius 1 is 0.528 bits per heavy atom. The number of hydrogen-bond donors (Lipinski definition) is 0. The second-order valence-electron chi connectivity index (χ2n) is 9.14. The van der Waals surface area contributed by atoms with Crippen LogP contribution in [-0.4, -0.2) is 47.5 Å². The van der Waals surface area contributed by atoms with Crippen LogP contribution in [0.25, 0.3) is 43.1 Å². The fraction of sp³-hybridized carbons (Fsp3) is 0.0667. The van der Waals surface area contributed by atoms with Gasteiger partial charge in [-0.1, -0.05) is 24.0 Å². The predicted octanol–water partition coefficient (Wildman–Crippen LogP) is 4.15. The molecule has 0 radical (unpaired) electrons. The molecule has 7 rings (SSSR count). The first kappa shape index (κ1) is 20.2. The molecule has 2 aliphatic rings. The molecule has 0 fully saturated rings. The molecule has 0 saturated carbocycles. The first-order valence-electron chi connectivity index (χ1n) is 11.2. The number of benzene rings is 5. The van der Waals surface area contributed by atoms with E-state index in [9.17, 15) is 19.2 Å². The molecular formula is C30H14N2O4. The highest BCUT2D eigenvalue weighted by Gasteiger charge is 2.36. The van der Waals surface area contributed by atoms with Crippen molar-refractivity contribution < 1.29 is 19.2 Å². The van der Waals surface area contributed by atoms with Crippen molar-refractivity contribution in [1.82, 2.24) is 9.80 Å². The Bertz CT molecular complexity index is 1920. The third-order valence-corrected chi connectivity index (χ3v) is 7.56. The molecule has 0 bridgehead atoms. The zero-order valence-electron chi connectivity index (χ0n) is 19.1. The summed E-state index contributed by atoms with van der Waals surface area (Å²) in [5, 5.41) is 5.17. The minimum Gasteiger partial charge on any atom is -0.277 e. The number of nitrogens with zero attached hydrogens (tertiary/aromatic N) is 2. The van der Waals surface area contributed by atoms with Gasteiger partial charge in [0.1, 0.15) is 0 Å². The van der Waals surface area contributed by atoms with E-state index in [0.29, 0.717) is 76.5 Å². The van der Waals surface area contributed by atoms with E-state index in [1.807, 2.05) is 0 Å². The SMILES string of the molecule is C#Cc1cc2c3c(ccc4c5c(C#C)cc6c7c(ccc(c1c34)c75)C(=O)N(C)C6=O)C(=O)N(C)C2=O. The average molecular weight is 466 g/mol. The third kappa shape index (κ3) is 2.03. The fourth-order valence-corrected chi connectivity index (χ4v) is 5.94. The van der Waals surface area contributed by atoms with Crippen molar-refractivity contribution in [3.8, 4) is 24.7 Å². The van der Waals surface area contributed by atoms with Crippen LogP contribution in [0.3, 0.4) is 0 Å². The van der Waals surface area contributed by atoms with Gasteiger partial charge in [-0.2, -0.15) is 0 Å². The second-order valence-corrected chi connectivity index (χ2v) is 9.14. The Morgan fingerprint density at radius 3 is 1.25 bits per heavy atom. The van der Waals surface area contributed by atoms with Crippen LogP contribution in [0.2, 0.25) is 0 Å². The van der Waals surface area contributed by atoms with Crippen LogP contribution in [0.4, 0.5) is 0 Å². The Kier molecular flexibility index (Phi) is 3.52. The molecular weight excluding hydrogens is 452 g/mol. The lowest BCUT2D eigenvalue weighted by Crippen LogP contribution is -2.37. The summed E-state index contributed by atoms with van der Waals surface area (Å²) < 4.78 is 0. The topological polar surface area (TPSA) is 74.8 Å². The van der Waals surface area contributed by atoms with E-state index < -0.39 is 23.6 Å². The molecule has 0 atom stereocenters. The van der Waals surface area contributed by atoms with E-state index in [1.54, 1.807) is 36.4 Å². The van der Waals surface area contributed by atoms with Gasteiger partial charge in [0, 0.05) is 79.8 Å². The van der Waals surface area contributed by atoms with Gasteiger partial charge in [-0.15, -0.1) is 12.8 Å². The lowest BCUT2D eigenvalue weighted by atomic mass is 9.79. The van der Waals surface area contributed by atoms with E-state index in [4.69, 9.17) is 12.8 Å². The van der Waals surface area contributed by atoms with Crippen LogP contribution in [0.5, 0.6) is 0 Å². The monoisotopic (exact) mass is 466 g/mol. The Hall–Kier alpha value is -5.20. The van der Waals surface area contributed by atoms with Gasteiger partial charge >= 0.3 is 0 Å². The highest BCUT2D eigenvalue weighted by Crippen LogP contribution is 2.48. The van der Waals surface area contributed by atoms with E-state index in [-0.39, 0.29) is 0 Å². The average Bonchev–Trinajstić information content (AvgIpc) is 2.90. The summed E-state index contributed by atoms with van der Waals surface area (Å²) >= 11 is 0. The van der Waals surface area contributed by atoms with Crippen molar-refractivity contribution in [3.05, 3.63) is 69.8 Å². The number of carbonyl (C=O) groups excluding carboxylic acids is 4. The van der Waals surface area contributed by atoms with Gasteiger partial charge < -0.3 is 0 Å². The van der Waals surface area contributed by atoms with Gasteiger partial charge in [0.2, 0.25) is 0 Å². The number of terminal acetylenes is 2. The number of amides is 4.